The fourth-order valence-electron chi connectivity index (χ4n) is 1.55. The highest BCUT2D eigenvalue weighted by molar-refractivity contribution is 7.98. The molecule has 0 fully saturated rings. The van der Waals surface area contributed by atoms with Crippen molar-refractivity contribution in [2.75, 3.05) is 5.75 Å². The Morgan fingerprint density at radius 1 is 1.67 bits per heavy atom. The van der Waals surface area contributed by atoms with E-state index in [4.69, 9.17) is 0 Å². The molecule has 3 heteroatoms. The van der Waals surface area contributed by atoms with Gasteiger partial charge in [0, 0.05) is 23.2 Å². The van der Waals surface area contributed by atoms with E-state index >= 15 is 0 Å². The van der Waals surface area contributed by atoms with Crippen LogP contribution in [0.4, 0.5) is 0 Å². The third-order valence-electron chi connectivity index (χ3n) is 2.20. The van der Waals surface area contributed by atoms with Crippen LogP contribution in [-0.4, -0.2) is 16.5 Å². The van der Waals surface area contributed by atoms with Gasteiger partial charge in [0.2, 0.25) is 0 Å². The van der Waals surface area contributed by atoms with Gasteiger partial charge >= 0.3 is 0 Å². The zero-order valence-corrected chi connectivity index (χ0v) is 7.83. The maximum Gasteiger partial charge on any atom is 0.161 e. The molecule has 0 amide bonds. The third-order valence-corrected chi connectivity index (χ3v) is 3.19. The molecule has 1 aromatic rings. The molecular weight excluding hydrogens is 170 g/mol. The van der Waals surface area contributed by atoms with Crippen LogP contribution < -0.4 is 0 Å². The van der Waals surface area contributed by atoms with Gasteiger partial charge in [-0.25, -0.2) is 0 Å². The second-order valence-corrected chi connectivity index (χ2v) is 4.12. The molecule has 12 heavy (non-hydrogen) atoms. The van der Waals surface area contributed by atoms with Crippen LogP contribution in [0.15, 0.2) is 6.20 Å². The number of hydrogen-bond acceptors (Lipinski definition) is 2. The van der Waals surface area contributed by atoms with Crippen LogP contribution in [0.5, 0.6) is 0 Å². The minimum Gasteiger partial charge on any atom is -0.364 e. The molecule has 1 aliphatic rings. The maximum atomic E-state index is 11.1. The van der Waals surface area contributed by atoms with Crippen molar-refractivity contribution in [1.29, 1.82) is 0 Å². The van der Waals surface area contributed by atoms with E-state index in [0.717, 1.165) is 17.7 Å². The van der Waals surface area contributed by atoms with Gasteiger partial charge in [-0.3, -0.25) is 4.79 Å². The predicted octanol–water partition coefficient (Wildman–Crippen LogP) is 2.01. The topological polar surface area (TPSA) is 32.9 Å². The van der Waals surface area contributed by atoms with Gasteiger partial charge in [-0.2, -0.15) is 11.8 Å². The SMILES string of the molecule is CC(=O)c1c[nH]c2c1CSCC2. The number of thioether (sulfide) groups is 1. The largest absolute Gasteiger partial charge is 0.364 e. The normalized spacial score (nSPS) is 15.8. The summed E-state index contributed by atoms with van der Waals surface area (Å²) in [6, 6.07) is 0. The quantitative estimate of drug-likeness (QED) is 0.672. The van der Waals surface area contributed by atoms with Crippen molar-refractivity contribution in [3.05, 3.63) is 23.0 Å². The third kappa shape index (κ3) is 1.18. The summed E-state index contributed by atoms with van der Waals surface area (Å²) in [5.74, 6) is 2.34. The van der Waals surface area contributed by atoms with Gasteiger partial charge in [0.05, 0.1) is 0 Å². The Balaban J connectivity index is 2.44. The molecule has 2 heterocycles. The van der Waals surface area contributed by atoms with Crippen molar-refractivity contribution in [2.45, 2.75) is 19.1 Å². The molecule has 64 valence electrons. The second-order valence-electron chi connectivity index (χ2n) is 3.02. The van der Waals surface area contributed by atoms with Crippen molar-refractivity contribution in [1.82, 2.24) is 4.98 Å². The van der Waals surface area contributed by atoms with Crippen LogP contribution in [0.3, 0.4) is 0 Å². The molecule has 1 N–H and O–H groups in total. The Hall–Kier alpha value is -0.700. The highest BCUT2D eigenvalue weighted by Gasteiger charge is 2.17. The van der Waals surface area contributed by atoms with E-state index in [2.05, 4.69) is 4.98 Å². The Morgan fingerprint density at radius 3 is 3.25 bits per heavy atom. The van der Waals surface area contributed by atoms with Gasteiger partial charge in [0.1, 0.15) is 0 Å². The van der Waals surface area contributed by atoms with Gasteiger partial charge in [-0.05, 0) is 24.7 Å². The van der Waals surface area contributed by atoms with Crippen molar-refractivity contribution >= 4 is 17.5 Å². The lowest BCUT2D eigenvalue weighted by molar-refractivity contribution is 0.101. The number of rotatable bonds is 1. The molecule has 1 aromatic heterocycles. The van der Waals surface area contributed by atoms with Crippen LogP contribution in [0.1, 0.15) is 28.5 Å². The van der Waals surface area contributed by atoms with E-state index in [1.165, 1.54) is 17.0 Å². The lowest BCUT2D eigenvalue weighted by Gasteiger charge is -2.11. The average molecular weight is 181 g/mol. The van der Waals surface area contributed by atoms with E-state index in [1.807, 2.05) is 18.0 Å². The number of aromatic nitrogens is 1. The minimum absolute atomic E-state index is 0.176. The standard InChI is InChI=1S/C9H11NOS/c1-6(11)7-4-10-9-2-3-12-5-8(7)9/h4,10H,2-3,5H2,1H3. The summed E-state index contributed by atoms with van der Waals surface area (Å²) in [4.78, 5) is 14.3. The van der Waals surface area contributed by atoms with Crippen LogP contribution in [-0.2, 0) is 12.2 Å². The first-order valence-corrected chi connectivity index (χ1v) is 5.22. The smallest absolute Gasteiger partial charge is 0.161 e. The molecule has 0 aromatic carbocycles. The lowest BCUT2D eigenvalue weighted by atomic mass is 10.1. The number of aryl methyl sites for hydroxylation is 1. The number of ketones is 1. The van der Waals surface area contributed by atoms with Crippen LogP contribution in [0.2, 0.25) is 0 Å². The molecule has 2 rings (SSSR count). The number of Topliss-reactive ketones (excluding diaryl/α,β-unsaturated/α-hetero) is 1. The molecular formula is C9H11NOS. The summed E-state index contributed by atoms with van der Waals surface area (Å²) in [5, 5.41) is 0. The van der Waals surface area contributed by atoms with E-state index in [9.17, 15) is 4.79 Å². The lowest BCUT2D eigenvalue weighted by Crippen LogP contribution is -2.03. The summed E-state index contributed by atoms with van der Waals surface area (Å²) in [6.45, 7) is 1.63. The fourth-order valence-corrected chi connectivity index (χ4v) is 2.57. The first-order valence-electron chi connectivity index (χ1n) is 4.07. The molecule has 0 saturated carbocycles. The molecule has 0 unspecified atom stereocenters. The number of aromatic amines is 1. The van der Waals surface area contributed by atoms with Crippen molar-refractivity contribution in [3.63, 3.8) is 0 Å². The summed E-state index contributed by atoms with van der Waals surface area (Å²) >= 11 is 1.90. The Morgan fingerprint density at radius 2 is 2.50 bits per heavy atom. The second kappa shape index (κ2) is 2.98. The van der Waals surface area contributed by atoms with Crippen LogP contribution >= 0.6 is 11.8 Å². The first-order chi connectivity index (χ1) is 5.79. The number of nitrogens with one attached hydrogen (secondary N) is 1. The van der Waals surface area contributed by atoms with Gasteiger partial charge in [0.25, 0.3) is 0 Å². The summed E-state index contributed by atoms with van der Waals surface area (Å²) in [7, 11) is 0. The summed E-state index contributed by atoms with van der Waals surface area (Å²) < 4.78 is 0. The number of H-pyrrole nitrogens is 1. The highest BCUT2D eigenvalue weighted by atomic mass is 32.2. The Kier molecular flexibility index (Phi) is 1.97. The summed E-state index contributed by atoms with van der Waals surface area (Å²) in [5.41, 5.74) is 3.38. The molecule has 0 spiro atoms. The first kappa shape index (κ1) is 7.92. The van der Waals surface area contributed by atoms with Crippen LogP contribution in [0.25, 0.3) is 0 Å². The molecule has 0 atom stereocenters. The van der Waals surface area contributed by atoms with E-state index in [0.29, 0.717) is 0 Å². The predicted molar refractivity (Wildman–Crippen MR) is 50.7 cm³/mol. The average Bonchev–Trinajstić information content (AvgIpc) is 2.47. The molecule has 2 nitrogen and oxygen atoms in total. The molecule has 0 radical (unpaired) electrons. The monoisotopic (exact) mass is 181 g/mol. The minimum atomic E-state index is 0.176. The number of carbonyl (C=O) groups is 1. The molecule has 1 aliphatic heterocycles. The highest BCUT2D eigenvalue weighted by Crippen LogP contribution is 2.26. The number of hydrogen-bond donors (Lipinski definition) is 1. The van der Waals surface area contributed by atoms with E-state index in [-0.39, 0.29) is 5.78 Å². The van der Waals surface area contributed by atoms with Gasteiger partial charge in [-0.1, -0.05) is 0 Å². The van der Waals surface area contributed by atoms with Crippen molar-refractivity contribution in [3.8, 4) is 0 Å². The Labute approximate surface area is 75.7 Å². The van der Waals surface area contributed by atoms with Gasteiger partial charge in [0.15, 0.2) is 5.78 Å². The van der Waals surface area contributed by atoms with Gasteiger partial charge < -0.3 is 4.98 Å². The maximum absolute atomic E-state index is 11.1. The Bertz CT molecular complexity index is 316. The number of carbonyl (C=O) groups excluding carboxylic acids is 1. The molecule has 0 aliphatic carbocycles. The van der Waals surface area contributed by atoms with Crippen molar-refractivity contribution < 1.29 is 4.79 Å². The van der Waals surface area contributed by atoms with E-state index < -0.39 is 0 Å². The van der Waals surface area contributed by atoms with Crippen molar-refractivity contribution in [2.24, 2.45) is 0 Å². The van der Waals surface area contributed by atoms with Gasteiger partial charge in [-0.15, -0.1) is 0 Å². The fraction of sp³-hybridized carbons (Fsp3) is 0.444. The number of fused-ring (bicyclic) bond motifs is 1. The molecule has 0 bridgehead atoms. The zero-order chi connectivity index (χ0) is 8.55. The zero-order valence-electron chi connectivity index (χ0n) is 7.02. The van der Waals surface area contributed by atoms with Crippen LogP contribution in [0, 0.1) is 0 Å². The molecule has 0 saturated heterocycles. The van der Waals surface area contributed by atoms with E-state index in [1.54, 1.807) is 6.92 Å². The summed E-state index contributed by atoms with van der Waals surface area (Å²) in [6.07, 6.45) is 2.92.